The minimum Gasteiger partial charge on any atom is -0.496 e. The Morgan fingerprint density at radius 1 is 0.909 bits per heavy atom. The van der Waals surface area contributed by atoms with Gasteiger partial charge in [0.25, 0.3) is 0 Å². The van der Waals surface area contributed by atoms with E-state index in [0.29, 0.717) is 16.9 Å². The highest BCUT2D eigenvalue weighted by Gasteiger charge is 2.30. The Morgan fingerprint density at radius 2 is 1.58 bits per heavy atom. The predicted octanol–water partition coefficient (Wildman–Crippen LogP) is 6.30. The van der Waals surface area contributed by atoms with Gasteiger partial charge < -0.3 is 20.5 Å². The number of nitrogens with two attached hydrogens (primary N) is 1. The highest BCUT2D eigenvalue weighted by atomic mass is 19.2. The quantitative estimate of drug-likeness (QED) is 0.479. The van der Waals surface area contributed by atoms with Crippen LogP contribution in [0.4, 0.5) is 14.5 Å². The highest BCUT2D eigenvalue weighted by Crippen LogP contribution is 2.46. The molecule has 0 spiro atoms. The van der Waals surface area contributed by atoms with Crippen molar-refractivity contribution in [3.8, 4) is 22.6 Å². The van der Waals surface area contributed by atoms with Gasteiger partial charge in [0.1, 0.15) is 11.5 Å². The maximum absolute atomic E-state index is 14.4. The fourth-order valence-electron chi connectivity index (χ4n) is 4.69. The maximum atomic E-state index is 14.4. The highest BCUT2D eigenvalue weighted by molar-refractivity contribution is 5.89. The second kappa shape index (κ2) is 8.52. The van der Waals surface area contributed by atoms with E-state index in [1.54, 1.807) is 7.11 Å². The van der Waals surface area contributed by atoms with Crippen LogP contribution in [0.25, 0.3) is 16.7 Å². The van der Waals surface area contributed by atoms with Crippen LogP contribution in [0.2, 0.25) is 0 Å². The molecule has 0 saturated heterocycles. The zero-order valence-corrected chi connectivity index (χ0v) is 19.4. The predicted molar refractivity (Wildman–Crippen MR) is 129 cm³/mol. The molecule has 0 aliphatic carbocycles. The lowest BCUT2D eigenvalue weighted by Crippen LogP contribution is -2.32. The van der Waals surface area contributed by atoms with Crippen molar-refractivity contribution >= 4 is 11.3 Å². The summed E-state index contributed by atoms with van der Waals surface area (Å²) in [5.41, 5.74) is 12.2. The second-order valence-corrected chi connectivity index (χ2v) is 8.81. The van der Waals surface area contributed by atoms with Crippen molar-refractivity contribution in [1.82, 2.24) is 0 Å². The third kappa shape index (κ3) is 4.07. The van der Waals surface area contributed by atoms with Crippen LogP contribution in [0.5, 0.6) is 11.5 Å². The molecule has 0 radical (unpaired) electrons. The van der Waals surface area contributed by atoms with Gasteiger partial charge in [0.2, 0.25) is 0 Å². The number of halogens is 2. The minimum atomic E-state index is -0.969. The number of fused-ring (bicyclic) bond motifs is 1. The Hall–Kier alpha value is -3.38. The largest absolute Gasteiger partial charge is 0.496 e. The number of rotatable bonds is 5. The molecule has 1 aliphatic heterocycles. The van der Waals surface area contributed by atoms with Crippen molar-refractivity contribution in [2.75, 3.05) is 19.5 Å². The molecule has 3 aromatic carbocycles. The average molecular weight is 451 g/mol. The Labute approximate surface area is 193 Å². The monoisotopic (exact) mass is 450 g/mol. The molecule has 0 fully saturated rings. The molecule has 4 rings (SSSR count). The van der Waals surface area contributed by atoms with E-state index in [9.17, 15) is 8.78 Å². The molecule has 3 N–H and O–H groups in total. The molecule has 1 unspecified atom stereocenters. The summed E-state index contributed by atoms with van der Waals surface area (Å²) in [6.45, 7) is 6.21. The first-order valence-electron chi connectivity index (χ1n) is 10.7. The SMILES string of the molecule is COc1cc(F)c(F)cc1-c1ccc2c(c1C(N)c1ccccc1OC)C(C)=CC(C)(C)N2. The van der Waals surface area contributed by atoms with Crippen molar-refractivity contribution in [3.63, 3.8) is 0 Å². The molecule has 0 bridgehead atoms. The number of anilines is 1. The molecule has 0 saturated carbocycles. The topological polar surface area (TPSA) is 56.5 Å². The van der Waals surface area contributed by atoms with Crippen LogP contribution in [-0.2, 0) is 0 Å². The molecule has 0 aromatic heterocycles. The molecule has 33 heavy (non-hydrogen) atoms. The molecule has 4 nitrogen and oxygen atoms in total. The Morgan fingerprint density at radius 3 is 2.27 bits per heavy atom. The van der Waals surface area contributed by atoms with E-state index in [0.717, 1.165) is 40.1 Å². The van der Waals surface area contributed by atoms with Crippen molar-refractivity contribution in [1.29, 1.82) is 0 Å². The standard InChI is InChI=1S/C27H28F2N2O2/c1-15-14-27(2,3)31-21-11-10-16(18-12-19(28)20(29)13-23(18)33-5)25(24(15)21)26(30)17-8-6-7-9-22(17)32-4/h6-14,26,31H,30H2,1-5H3. The van der Waals surface area contributed by atoms with Crippen LogP contribution in [0.1, 0.15) is 43.5 Å². The number of ether oxygens (including phenoxy) is 2. The molecule has 0 amide bonds. The Bertz CT molecular complexity index is 1250. The smallest absolute Gasteiger partial charge is 0.162 e. The van der Waals surface area contributed by atoms with Crippen LogP contribution in [-0.4, -0.2) is 19.8 Å². The van der Waals surface area contributed by atoms with Crippen LogP contribution in [0.3, 0.4) is 0 Å². The Balaban J connectivity index is 2.06. The minimum absolute atomic E-state index is 0.230. The van der Waals surface area contributed by atoms with Crippen LogP contribution < -0.4 is 20.5 Å². The van der Waals surface area contributed by atoms with E-state index < -0.39 is 17.7 Å². The fourth-order valence-corrected chi connectivity index (χ4v) is 4.69. The first-order chi connectivity index (χ1) is 15.7. The normalized spacial score (nSPS) is 15.2. The molecule has 172 valence electrons. The summed E-state index contributed by atoms with van der Waals surface area (Å²) in [7, 11) is 3.03. The van der Waals surface area contributed by atoms with Crippen molar-refractivity contribution in [2.24, 2.45) is 5.73 Å². The van der Waals surface area contributed by atoms with Gasteiger partial charge in [-0.25, -0.2) is 8.78 Å². The van der Waals surface area contributed by atoms with Gasteiger partial charge in [0, 0.05) is 28.4 Å². The van der Waals surface area contributed by atoms with E-state index in [2.05, 4.69) is 25.2 Å². The van der Waals surface area contributed by atoms with E-state index >= 15 is 0 Å². The lowest BCUT2D eigenvalue weighted by atomic mass is 9.81. The number of hydrogen-bond acceptors (Lipinski definition) is 4. The molecule has 1 aliphatic rings. The number of benzene rings is 3. The molecule has 3 aromatic rings. The van der Waals surface area contributed by atoms with Crippen LogP contribution >= 0.6 is 0 Å². The molecule has 1 atom stereocenters. The van der Waals surface area contributed by atoms with Crippen molar-refractivity contribution in [2.45, 2.75) is 32.4 Å². The summed E-state index contributed by atoms with van der Waals surface area (Å²) < 4.78 is 39.4. The number of hydrogen-bond donors (Lipinski definition) is 2. The van der Waals surface area contributed by atoms with Gasteiger partial charge in [-0.3, -0.25) is 0 Å². The third-order valence-electron chi connectivity index (χ3n) is 5.99. The van der Waals surface area contributed by atoms with E-state index in [-0.39, 0.29) is 11.3 Å². The first kappa shape index (κ1) is 22.8. The molecule has 6 heteroatoms. The summed E-state index contributed by atoms with van der Waals surface area (Å²) in [6, 6.07) is 13.0. The summed E-state index contributed by atoms with van der Waals surface area (Å²) in [5.74, 6) is -1.04. The lowest BCUT2D eigenvalue weighted by molar-refractivity contribution is 0.407. The third-order valence-corrected chi connectivity index (χ3v) is 5.99. The number of para-hydroxylation sites is 1. The van der Waals surface area contributed by atoms with E-state index in [1.807, 2.05) is 43.3 Å². The number of nitrogens with one attached hydrogen (secondary N) is 1. The van der Waals surface area contributed by atoms with Gasteiger partial charge in [-0.15, -0.1) is 0 Å². The first-order valence-corrected chi connectivity index (χ1v) is 10.7. The number of allylic oxidation sites excluding steroid dienone is 1. The zero-order chi connectivity index (χ0) is 23.9. The zero-order valence-electron chi connectivity index (χ0n) is 19.4. The van der Waals surface area contributed by atoms with Crippen molar-refractivity contribution < 1.29 is 18.3 Å². The average Bonchev–Trinajstić information content (AvgIpc) is 2.78. The molecular formula is C27H28F2N2O2. The fraction of sp³-hybridized carbons (Fsp3) is 0.259. The summed E-state index contributed by atoms with van der Waals surface area (Å²) in [4.78, 5) is 0. The van der Waals surface area contributed by atoms with Crippen LogP contribution in [0.15, 0.2) is 54.6 Å². The van der Waals surface area contributed by atoms with Gasteiger partial charge in [-0.1, -0.05) is 30.3 Å². The van der Waals surface area contributed by atoms with Gasteiger partial charge in [-0.2, -0.15) is 0 Å². The van der Waals surface area contributed by atoms with Crippen LogP contribution in [0, 0.1) is 11.6 Å². The van der Waals surface area contributed by atoms with E-state index in [4.69, 9.17) is 15.2 Å². The van der Waals surface area contributed by atoms with Gasteiger partial charge in [0.05, 0.1) is 25.8 Å². The second-order valence-electron chi connectivity index (χ2n) is 8.81. The van der Waals surface area contributed by atoms with Gasteiger partial charge >= 0.3 is 0 Å². The van der Waals surface area contributed by atoms with Crippen molar-refractivity contribution in [3.05, 3.63) is 82.9 Å². The Kier molecular flexibility index (Phi) is 5.89. The maximum Gasteiger partial charge on any atom is 0.162 e. The van der Waals surface area contributed by atoms with Gasteiger partial charge in [-0.05, 0) is 55.7 Å². The summed E-state index contributed by atoms with van der Waals surface area (Å²) in [6.07, 6.45) is 2.14. The summed E-state index contributed by atoms with van der Waals surface area (Å²) >= 11 is 0. The van der Waals surface area contributed by atoms with E-state index in [1.165, 1.54) is 7.11 Å². The summed E-state index contributed by atoms with van der Waals surface area (Å²) in [5, 5.41) is 3.54. The molecular weight excluding hydrogens is 422 g/mol. The lowest BCUT2D eigenvalue weighted by Gasteiger charge is -2.35. The molecule has 1 heterocycles. The van der Waals surface area contributed by atoms with Gasteiger partial charge in [0.15, 0.2) is 11.6 Å². The number of methoxy groups -OCH3 is 2.